The van der Waals surface area contributed by atoms with Crippen LogP contribution in [0.4, 0.5) is 15.9 Å². The van der Waals surface area contributed by atoms with Crippen LogP contribution in [0.5, 0.6) is 0 Å². The molecule has 0 aliphatic heterocycles. The maximum absolute atomic E-state index is 14.6. The third-order valence-corrected chi connectivity index (χ3v) is 4.76. The number of anilines is 2. The Morgan fingerprint density at radius 1 is 0.962 bits per heavy atom. The fraction of sp³-hybridized carbons (Fsp3) is 0.0952. The summed E-state index contributed by atoms with van der Waals surface area (Å²) in [6.07, 6.45) is 1.91. The predicted molar refractivity (Wildman–Crippen MR) is 105 cm³/mol. The van der Waals surface area contributed by atoms with Gasteiger partial charge in [0.2, 0.25) is 0 Å². The summed E-state index contributed by atoms with van der Waals surface area (Å²) >= 11 is 6.32. The van der Waals surface area contributed by atoms with Gasteiger partial charge in [-0.2, -0.15) is 0 Å². The first-order valence-corrected chi connectivity index (χ1v) is 8.69. The highest BCUT2D eigenvalue weighted by atomic mass is 35.5. The van der Waals surface area contributed by atoms with E-state index in [4.69, 9.17) is 16.6 Å². The Labute approximate surface area is 156 Å². The second-order valence-electron chi connectivity index (χ2n) is 6.23. The van der Waals surface area contributed by atoms with Crippen molar-refractivity contribution < 1.29 is 4.39 Å². The number of aromatic nitrogens is 2. The summed E-state index contributed by atoms with van der Waals surface area (Å²) in [6.45, 7) is 4.00. The molecule has 2 heterocycles. The fourth-order valence-electron chi connectivity index (χ4n) is 3.06. The number of rotatable bonds is 3. The summed E-state index contributed by atoms with van der Waals surface area (Å²) in [4.78, 5) is 4.71. The molecular weight excluding hydrogens is 349 g/mol. The zero-order chi connectivity index (χ0) is 18.3. The Hall–Kier alpha value is -2.85. The van der Waals surface area contributed by atoms with E-state index in [-0.39, 0.29) is 0 Å². The van der Waals surface area contributed by atoms with Crippen LogP contribution in [0.1, 0.15) is 11.1 Å². The van der Waals surface area contributed by atoms with Crippen molar-refractivity contribution in [2.24, 2.45) is 0 Å². The van der Waals surface area contributed by atoms with Gasteiger partial charge in [-0.1, -0.05) is 41.9 Å². The summed E-state index contributed by atoms with van der Waals surface area (Å²) in [7, 11) is 0. The smallest absolute Gasteiger partial charge is 0.143 e. The molecule has 1 N–H and O–H groups in total. The predicted octanol–water partition coefficient (Wildman–Crippen LogP) is 6.15. The molecule has 0 saturated carbocycles. The van der Waals surface area contributed by atoms with Gasteiger partial charge in [0, 0.05) is 11.9 Å². The van der Waals surface area contributed by atoms with Crippen molar-refractivity contribution in [3.63, 3.8) is 0 Å². The first-order valence-electron chi connectivity index (χ1n) is 8.31. The van der Waals surface area contributed by atoms with Crippen molar-refractivity contribution in [1.29, 1.82) is 0 Å². The average molecular weight is 366 g/mol. The van der Waals surface area contributed by atoms with E-state index in [1.54, 1.807) is 12.1 Å². The molecule has 4 rings (SSSR count). The minimum atomic E-state index is -0.397. The molecule has 130 valence electrons. The van der Waals surface area contributed by atoms with Gasteiger partial charge in [0.05, 0.1) is 10.6 Å². The van der Waals surface area contributed by atoms with Crippen LogP contribution in [-0.4, -0.2) is 9.38 Å². The number of nitrogens with zero attached hydrogens (tertiary/aromatic N) is 2. The topological polar surface area (TPSA) is 29.3 Å². The number of hydrogen-bond acceptors (Lipinski definition) is 2. The van der Waals surface area contributed by atoms with Gasteiger partial charge in [-0.15, -0.1) is 0 Å². The van der Waals surface area contributed by atoms with E-state index in [9.17, 15) is 4.39 Å². The number of imidazole rings is 1. The highest BCUT2D eigenvalue weighted by Gasteiger charge is 2.21. The molecular formula is C21H17ClFN3. The lowest BCUT2D eigenvalue weighted by Crippen LogP contribution is -1.99. The largest absolute Gasteiger partial charge is 0.339 e. The van der Waals surface area contributed by atoms with Crippen LogP contribution in [-0.2, 0) is 0 Å². The van der Waals surface area contributed by atoms with E-state index in [1.165, 1.54) is 6.07 Å². The van der Waals surface area contributed by atoms with Crippen LogP contribution in [0.3, 0.4) is 0 Å². The van der Waals surface area contributed by atoms with Crippen molar-refractivity contribution in [3.8, 4) is 11.3 Å². The zero-order valence-corrected chi connectivity index (χ0v) is 15.2. The standard InChI is InChI=1S/C21H17ClFN3/c1-13-7-3-4-11-17(13)24-21-19(18-15(22)9-5-10-16(18)23)25-20-14(2)8-6-12-26(20)21/h3-12,24H,1-2H3. The Morgan fingerprint density at radius 3 is 2.50 bits per heavy atom. The van der Waals surface area contributed by atoms with Crippen LogP contribution >= 0.6 is 11.6 Å². The number of pyridine rings is 1. The Bertz CT molecular complexity index is 1100. The summed E-state index contributed by atoms with van der Waals surface area (Å²) in [6, 6.07) is 16.5. The van der Waals surface area contributed by atoms with Crippen molar-refractivity contribution in [2.45, 2.75) is 13.8 Å². The summed E-state index contributed by atoms with van der Waals surface area (Å²) in [5.41, 5.74) is 4.57. The molecule has 0 radical (unpaired) electrons. The number of nitrogens with one attached hydrogen (secondary N) is 1. The zero-order valence-electron chi connectivity index (χ0n) is 14.4. The van der Waals surface area contributed by atoms with Gasteiger partial charge >= 0.3 is 0 Å². The van der Waals surface area contributed by atoms with Crippen molar-refractivity contribution in [2.75, 3.05) is 5.32 Å². The second-order valence-corrected chi connectivity index (χ2v) is 6.64. The molecule has 3 nitrogen and oxygen atoms in total. The molecule has 4 aromatic rings. The minimum Gasteiger partial charge on any atom is -0.339 e. The molecule has 0 atom stereocenters. The Kier molecular flexibility index (Phi) is 4.13. The van der Waals surface area contributed by atoms with Gasteiger partial charge in [0.25, 0.3) is 0 Å². The fourth-order valence-corrected chi connectivity index (χ4v) is 3.31. The van der Waals surface area contributed by atoms with Crippen LogP contribution in [0, 0.1) is 19.7 Å². The van der Waals surface area contributed by atoms with E-state index in [0.717, 1.165) is 22.5 Å². The highest BCUT2D eigenvalue weighted by Crippen LogP contribution is 2.37. The molecule has 0 unspecified atom stereocenters. The first-order chi connectivity index (χ1) is 12.6. The quantitative estimate of drug-likeness (QED) is 0.471. The van der Waals surface area contributed by atoms with Gasteiger partial charge < -0.3 is 5.32 Å². The molecule has 2 aromatic heterocycles. The van der Waals surface area contributed by atoms with E-state index < -0.39 is 5.82 Å². The SMILES string of the molecule is Cc1ccccc1Nc1c(-c2c(F)cccc2Cl)nc2c(C)cccn12. The van der Waals surface area contributed by atoms with E-state index in [2.05, 4.69) is 5.32 Å². The maximum Gasteiger partial charge on any atom is 0.143 e. The third-order valence-electron chi connectivity index (χ3n) is 4.44. The molecule has 0 fully saturated rings. The molecule has 0 spiro atoms. The maximum atomic E-state index is 14.6. The lowest BCUT2D eigenvalue weighted by atomic mass is 10.1. The molecule has 0 bridgehead atoms. The van der Waals surface area contributed by atoms with Gasteiger partial charge in [0.15, 0.2) is 0 Å². The van der Waals surface area contributed by atoms with E-state index in [1.807, 2.05) is 60.8 Å². The van der Waals surface area contributed by atoms with Gasteiger partial charge in [-0.25, -0.2) is 9.37 Å². The monoisotopic (exact) mass is 365 g/mol. The number of aryl methyl sites for hydroxylation is 2. The summed E-state index contributed by atoms with van der Waals surface area (Å²) < 4.78 is 16.5. The van der Waals surface area contributed by atoms with Crippen LogP contribution in [0.2, 0.25) is 5.02 Å². The lowest BCUT2D eigenvalue weighted by molar-refractivity contribution is 0.631. The molecule has 26 heavy (non-hydrogen) atoms. The Balaban J connectivity index is 2.01. The van der Waals surface area contributed by atoms with E-state index >= 15 is 0 Å². The van der Waals surface area contributed by atoms with Crippen LogP contribution in [0.25, 0.3) is 16.9 Å². The first kappa shape index (κ1) is 16.6. The lowest BCUT2D eigenvalue weighted by Gasteiger charge is -2.12. The van der Waals surface area contributed by atoms with Crippen molar-refractivity contribution in [3.05, 3.63) is 82.8 Å². The third kappa shape index (κ3) is 2.72. The normalized spacial score (nSPS) is 11.1. The molecule has 0 aliphatic rings. The number of fused-ring (bicyclic) bond motifs is 1. The van der Waals surface area contributed by atoms with Crippen LogP contribution < -0.4 is 5.32 Å². The number of hydrogen-bond donors (Lipinski definition) is 1. The summed E-state index contributed by atoms with van der Waals surface area (Å²) in [5.74, 6) is 0.288. The second kappa shape index (κ2) is 6.46. The average Bonchev–Trinajstić information content (AvgIpc) is 2.97. The molecule has 5 heteroatoms. The number of halogens is 2. The van der Waals surface area contributed by atoms with Gasteiger partial charge in [0.1, 0.15) is 23.0 Å². The van der Waals surface area contributed by atoms with Crippen LogP contribution in [0.15, 0.2) is 60.8 Å². The Morgan fingerprint density at radius 2 is 1.73 bits per heavy atom. The van der Waals surface area contributed by atoms with E-state index in [0.29, 0.717) is 22.1 Å². The highest BCUT2D eigenvalue weighted by molar-refractivity contribution is 6.33. The molecule has 0 amide bonds. The number of benzene rings is 2. The molecule has 0 saturated heterocycles. The van der Waals surface area contributed by atoms with Gasteiger partial charge in [-0.3, -0.25) is 4.40 Å². The van der Waals surface area contributed by atoms with Crippen molar-refractivity contribution in [1.82, 2.24) is 9.38 Å². The van der Waals surface area contributed by atoms with Crippen molar-refractivity contribution >= 4 is 28.8 Å². The summed E-state index contributed by atoms with van der Waals surface area (Å²) in [5, 5.41) is 3.75. The molecule has 2 aromatic carbocycles. The minimum absolute atomic E-state index is 0.299. The van der Waals surface area contributed by atoms with Gasteiger partial charge in [-0.05, 0) is 49.2 Å². The number of para-hydroxylation sites is 1. The molecule has 0 aliphatic carbocycles.